The zero-order valence-corrected chi connectivity index (χ0v) is 14.0. The Balaban J connectivity index is 2.20. The van der Waals surface area contributed by atoms with Gasteiger partial charge in [-0.05, 0) is 45.5 Å². The molecular weight excluding hydrogens is 312 g/mol. The van der Waals surface area contributed by atoms with E-state index >= 15 is 0 Å². The standard InChI is InChI=1S/C13H20N2O4S2/c1-14(2)13(7-4-8-13)9-15(3)21(18,19)11-6-5-10(20-11)12(16)17/h5-6H,4,7-9H2,1-3H3,(H,16,17). The summed E-state index contributed by atoms with van der Waals surface area (Å²) in [6, 6.07) is 2.70. The molecule has 1 heterocycles. The van der Waals surface area contributed by atoms with Crippen LogP contribution in [0.3, 0.4) is 0 Å². The van der Waals surface area contributed by atoms with E-state index < -0.39 is 16.0 Å². The van der Waals surface area contributed by atoms with Gasteiger partial charge in [-0.1, -0.05) is 0 Å². The largest absolute Gasteiger partial charge is 0.477 e. The molecule has 0 saturated heterocycles. The fourth-order valence-corrected chi connectivity index (χ4v) is 5.16. The third kappa shape index (κ3) is 2.98. The second-order valence-electron chi connectivity index (χ2n) is 5.66. The Morgan fingerprint density at radius 2 is 1.95 bits per heavy atom. The van der Waals surface area contributed by atoms with Crippen LogP contribution in [0, 0.1) is 0 Å². The van der Waals surface area contributed by atoms with Gasteiger partial charge in [-0.15, -0.1) is 11.3 Å². The lowest BCUT2D eigenvalue weighted by atomic mass is 9.75. The molecule has 8 heteroatoms. The molecule has 1 aliphatic rings. The fraction of sp³-hybridized carbons (Fsp3) is 0.615. The third-order valence-electron chi connectivity index (χ3n) is 4.21. The molecule has 1 aromatic rings. The molecule has 1 saturated carbocycles. The van der Waals surface area contributed by atoms with Gasteiger partial charge in [0.15, 0.2) is 0 Å². The van der Waals surface area contributed by atoms with Crippen molar-refractivity contribution in [1.29, 1.82) is 0 Å². The molecule has 1 aromatic heterocycles. The average Bonchev–Trinajstić information content (AvgIpc) is 2.82. The number of rotatable bonds is 6. The minimum atomic E-state index is -3.63. The lowest BCUT2D eigenvalue weighted by molar-refractivity contribution is 0.0455. The van der Waals surface area contributed by atoms with E-state index in [1.54, 1.807) is 7.05 Å². The Hall–Kier alpha value is -0.960. The Kier molecular flexibility index (Phi) is 4.44. The highest BCUT2D eigenvalue weighted by molar-refractivity contribution is 7.91. The highest BCUT2D eigenvalue weighted by Crippen LogP contribution is 2.38. The smallest absolute Gasteiger partial charge is 0.345 e. The van der Waals surface area contributed by atoms with Gasteiger partial charge in [-0.25, -0.2) is 13.2 Å². The second kappa shape index (κ2) is 5.68. The van der Waals surface area contributed by atoms with Crippen molar-refractivity contribution in [2.75, 3.05) is 27.7 Å². The fourth-order valence-electron chi connectivity index (χ4n) is 2.56. The molecular formula is C13H20N2O4S2. The molecule has 0 bridgehead atoms. The summed E-state index contributed by atoms with van der Waals surface area (Å²) in [6.07, 6.45) is 3.06. The van der Waals surface area contributed by atoms with E-state index in [4.69, 9.17) is 5.11 Å². The Labute approximate surface area is 129 Å². The van der Waals surface area contributed by atoms with Crippen molar-refractivity contribution in [3.05, 3.63) is 17.0 Å². The van der Waals surface area contributed by atoms with Gasteiger partial charge in [-0.3, -0.25) is 0 Å². The van der Waals surface area contributed by atoms with Crippen LogP contribution in [0.2, 0.25) is 0 Å². The molecule has 0 atom stereocenters. The Bertz CT molecular complexity index is 632. The van der Waals surface area contributed by atoms with Gasteiger partial charge in [0.2, 0.25) is 0 Å². The summed E-state index contributed by atoms with van der Waals surface area (Å²) in [6.45, 7) is 0.419. The number of nitrogens with zero attached hydrogens (tertiary/aromatic N) is 2. The molecule has 1 aliphatic carbocycles. The van der Waals surface area contributed by atoms with Gasteiger partial charge in [0.05, 0.1) is 0 Å². The minimum absolute atomic E-state index is 0.0351. The molecule has 6 nitrogen and oxygen atoms in total. The number of likely N-dealkylation sites (N-methyl/N-ethyl adjacent to an activating group) is 2. The number of hydrogen-bond acceptors (Lipinski definition) is 5. The predicted octanol–water partition coefficient (Wildman–Crippen LogP) is 1.55. The van der Waals surface area contributed by atoms with Crippen LogP contribution in [0.25, 0.3) is 0 Å². The molecule has 0 spiro atoms. The van der Waals surface area contributed by atoms with Gasteiger partial charge < -0.3 is 10.0 Å². The molecule has 1 N–H and O–H groups in total. The molecule has 0 unspecified atom stereocenters. The molecule has 118 valence electrons. The van der Waals surface area contributed by atoms with E-state index in [-0.39, 0.29) is 14.6 Å². The number of carboxylic acid groups (broad SMARTS) is 1. The number of hydrogen-bond donors (Lipinski definition) is 1. The van der Waals surface area contributed by atoms with E-state index in [1.165, 1.54) is 16.4 Å². The molecule has 1 fully saturated rings. The third-order valence-corrected chi connectivity index (χ3v) is 7.55. The lowest BCUT2D eigenvalue weighted by Crippen LogP contribution is -2.57. The predicted molar refractivity (Wildman–Crippen MR) is 81.4 cm³/mol. The summed E-state index contributed by atoms with van der Waals surface area (Å²) in [5, 5.41) is 8.90. The van der Waals surface area contributed by atoms with Crippen molar-refractivity contribution in [3.63, 3.8) is 0 Å². The number of aromatic carboxylic acids is 1. The maximum atomic E-state index is 12.5. The van der Waals surface area contributed by atoms with Gasteiger partial charge >= 0.3 is 5.97 Å². The Morgan fingerprint density at radius 1 is 1.33 bits per heavy atom. The van der Waals surface area contributed by atoms with E-state index in [9.17, 15) is 13.2 Å². The Morgan fingerprint density at radius 3 is 2.33 bits per heavy atom. The normalized spacial score (nSPS) is 18.0. The molecule has 21 heavy (non-hydrogen) atoms. The van der Waals surface area contributed by atoms with Gasteiger partial charge in [0, 0.05) is 19.1 Å². The van der Waals surface area contributed by atoms with Crippen molar-refractivity contribution in [3.8, 4) is 0 Å². The SMILES string of the molecule is CN(C)C1(CN(C)S(=O)(=O)c2ccc(C(=O)O)s2)CCC1. The zero-order valence-electron chi connectivity index (χ0n) is 12.4. The molecule has 0 aliphatic heterocycles. The van der Waals surface area contributed by atoms with Crippen LogP contribution in [-0.4, -0.2) is 61.9 Å². The van der Waals surface area contributed by atoms with E-state index in [0.29, 0.717) is 6.54 Å². The van der Waals surface area contributed by atoms with Gasteiger partial charge in [0.1, 0.15) is 9.09 Å². The highest BCUT2D eigenvalue weighted by atomic mass is 32.2. The lowest BCUT2D eigenvalue weighted by Gasteiger charge is -2.48. The van der Waals surface area contributed by atoms with Gasteiger partial charge in [0.25, 0.3) is 10.0 Å². The van der Waals surface area contributed by atoms with Crippen molar-refractivity contribution in [2.24, 2.45) is 0 Å². The minimum Gasteiger partial charge on any atom is -0.477 e. The maximum Gasteiger partial charge on any atom is 0.345 e. The summed E-state index contributed by atoms with van der Waals surface area (Å²) >= 11 is 0.793. The van der Waals surface area contributed by atoms with Crippen LogP contribution in [0.5, 0.6) is 0 Å². The number of carbonyl (C=O) groups is 1. The maximum absolute atomic E-state index is 12.5. The molecule has 0 amide bonds. The molecule has 0 aromatic carbocycles. The van der Waals surface area contributed by atoms with Crippen LogP contribution in [0.4, 0.5) is 0 Å². The summed E-state index contributed by atoms with van der Waals surface area (Å²) < 4.78 is 26.5. The number of thiophene rings is 1. The van der Waals surface area contributed by atoms with Crippen LogP contribution in [0.1, 0.15) is 28.9 Å². The van der Waals surface area contributed by atoms with Crippen molar-refractivity contribution >= 4 is 27.3 Å². The van der Waals surface area contributed by atoms with Crippen LogP contribution in [0.15, 0.2) is 16.3 Å². The van der Waals surface area contributed by atoms with E-state index in [2.05, 4.69) is 4.90 Å². The first-order valence-corrected chi connectivity index (χ1v) is 8.92. The van der Waals surface area contributed by atoms with Crippen molar-refractivity contribution in [1.82, 2.24) is 9.21 Å². The van der Waals surface area contributed by atoms with E-state index in [1.807, 2.05) is 14.1 Å². The quantitative estimate of drug-likeness (QED) is 0.855. The monoisotopic (exact) mass is 332 g/mol. The van der Waals surface area contributed by atoms with E-state index in [0.717, 1.165) is 30.6 Å². The highest BCUT2D eigenvalue weighted by Gasteiger charge is 2.42. The molecule has 2 rings (SSSR count). The first-order chi connectivity index (χ1) is 9.69. The van der Waals surface area contributed by atoms with Crippen LogP contribution >= 0.6 is 11.3 Å². The second-order valence-corrected chi connectivity index (χ2v) is 9.01. The first-order valence-electron chi connectivity index (χ1n) is 6.66. The summed E-state index contributed by atoms with van der Waals surface area (Å²) in [4.78, 5) is 13.0. The van der Waals surface area contributed by atoms with Crippen molar-refractivity contribution in [2.45, 2.75) is 29.0 Å². The average molecular weight is 332 g/mol. The number of carboxylic acids is 1. The van der Waals surface area contributed by atoms with Gasteiger partial charge in [-0.2, -0.15) is 4.31 Å². The van der Waals surface area contributed by atoms with Crippen LogP contribution < -0.4 is 0 Å². The zero-order chi connectivity index (χ0) is 15.8. The number of sulfonamides is 1. The molecule has 0 radical (unpaired) electrons. The first kappa shape index (κ1) is 16.4. The summed E-state index contributed by atoms with van der Waals surface area (Å²) in [7, 11) is 1.85. The topological polar surface area (TPSA) is 77.9 Å². The summed E-state index contributed by atoms with van der Waals surface area (Å²) in [5.41, 5.74) is -0.102. The van der Waals surface area contributed by atoms with Crippen LogP contribution in [-0.2, 0) is 10.0 Å². The van der Waals surface area contributed by atoms with Crippen molar-refractivity contribution < 1.29 is 18.3 Å². The summed E-state index contributed by atoms with van der Waals surface area (Å²) in [5.74, 6) is -1.10.